The number of aromatic nitrogens is 1. The second kappa shape index (κ2) is 7.96. The highest BCUT2D eigenvalue weighted by atomic mass is 35.5. The number of halogens is 1. The quantitative estimate of drug-likeness (QED) is 0.583. The normalized spacial score (nSPS) is 13.3. The fourth-order valence-electron chi connectivity index (χ4n) is 3.08. The van der Waals surface area contributed by atoms with E-state index in [1.54, 1.807) is 24.3 Å². The Labute approximate surface area is 162 Å². The Morgan fingerprint density at radius 3 is 2.48 bits per heavy atom. The first-order chi connectivity index (χ1) is 12.9. The van der Waals surface area contributed by atoms with Crippen LogP contribution >= 0.6 is 11.6 Å². The molecule has 0 bridgehead atoms. The molecule has 0 saturated heterocycles. The topological polar surface area (TPSA) is 77.4 Å². The number of rotatable bonds is 7. The summed E-state index contributed by atoms with van der Waals surface area (Å²) in [7, 11) is 0. The van der Waals surface area contributed by atoms with Crippen molar-refractivity contribution in [3.63, 3.8) is 0 Å². The average Bonchev–Trinajstić information content (AvgIpc) is 3.43. The van der Waals surface area contributed by atoms with Crippen molar-refractivity contribution in [2.75, 3.05) is 13.2 Å². The fourth-order valence-corrected chi connectivity index (χ4v) is 3.21. The van der Waals surface area contributed by atoms with E-state index in [1.165, 1.54) is 0 Å². The number of benzene rings is 1. The van der Waals surface area contributed by atoms with Gasteiger partial charge >= 0.3 is 5.97 Å². The van der Waals surface area contributed by atoms with Gasteiger partial charge in [0.1, 0.15) is 6.54 Å². The van der Waals surface area contributed by atoms with E-state index in [-0.39, 0.29) is 18.9 Å². The Morgan fingerprint density at radius 2 is 1.85 bits per heavy atom. The SMILES string of the molecule is Cc1cc(C(=O)COC(=O)CNC(=O)c2ccc(Cl)cc2)c(C)n1C1CC1. The van der Waals surface area contributed by atoms with Crippen molar-refractivity contribution in [2.24, 2.45) is 0 Å². The first kappa shape index (κ1) is 19.2. The summed E-state index contributed by atoms with van der Waals surface area (Å²) < 4.78 is 7.18. The van der Waals surface area contributed by atoms with Gasteiger partial charge < -0.3 is 14.6 Å². The molecule has 0 unspecified atom stereocenters. The molecule has 27 heavy (non-hydrogen) atoms. The molecular formula is C20H21ClN2O4. The Bertz CT molecular complexity index is 882. The van der Waals surface area contributed by atoms with Crippen molar-refractivity contribution in [2.45, 2.75) is 32.7 Å². The zero-order chi connectivity index (χ0) is 19.6. The van der Waals surface area contributed by atoms with E-state index >= 15 is 0 Å². The van der Waals surface area contributed by atoms with E-state index in [1.807, 2.05) is 19.9 Å². The first-order valence-electron chi connectivity index (χ1n) is 8.78. The predicted molar refractivity (Wildman–Crippen MR) is 101 cm³/mol. The van der Waals surface area contributed by atoms with Crippen LogP contribution in [0.3, 0.4) is 0 Å². The first-order valence-corrected chi connectivity index (χ1v) is 9.15. The van der Waals surface area contributed by atoms with Gasteiger partial charge in [0, 0.05) is 33.6 Å². The molecule has 1 saturated carbocycles. The number of hydrogen-bond acceptors (Lipinski definition) is 4. The van der Waals surface area contributed by atoms with E-state index in [9.17, 15) is 14.4 Å². The van der Waals surface area contributed by atoms with Crippen molar-refractivity contribution in [1.82, 2.24) is 9.88 Å². The highest BCUT2D eigenvalue weighted by Crippen LogP contribution is 2.38. The number of carbonyl (C=O) groups is 3. The second-order valence-corrected chi connectivity index (χ2v) is 7.10. The van der Waals surface area contributed by atoms with Gasteiger partial charge in [-0.1, -0.05) is 11.6 Å². The number of ether oxygens (including phenoxy) is 1. The second-order valence-electron chi connectivity index (χ2n) is 6.66. The Balaban J connectivity index is 1.49. The molecule has 2 aromatic rings. The van der Waals surface area contributed by atoms with Crippen LogP contribution in [-0.2, 0) is 9.53 Å². The van der Waals surface area contributed by atoms with Crippen molar-refractivity contribution in [1.29, 1.82) is 0 Å². The number of esters is 1. The summed E-state index contributed by atoms with van der Waals surface area (Å²) in [5.41, 5.74) is 2.92. The largest absolute Gasteiger partial charge is 0.456 e. The van der Waals surface area contributed by atoms with Crippen molar-refractivity contribution in [3.8, 4) is 0 Å². The molecule has 0 spiro atoms. The van der Waals surface area contributed by atoms with Crippen LogP contribution < -0.4 is 5.32 Å². The van der Waals surface area contributed by atoms with Crippen LogP contribution in [0.25, 0.3) is 0 Å². The number of amides is 1. The lowest BCUT2D eigenvalue weighted by Gasteiger charge is -2.08. The molecule has 1 aromatic carbocycles. The van der Waals surface area contributed by atoms with E-state index in [4.69, 9.17) is 16.3 Å². The van der Waals surface area contributed by atoms with Crippen LogP contribution in [-0.4, -0.2) is 35.4 Å². The molecule has 3 rings (SSSR count). The highest BCUT2D eigenvalue weighted by Gasteiger charge is 2.28. The maximum Gasteiger partial charge on any atom is 0.325 e. The lowest BCUT2D eigenvalue weighted by molar-refractivity contribution is -0.141. The summed E-state index contributed by atoms with van der Waals surface area (Å²) in [6.45, 7) is 3.23. The van der Waals surface area contributed by atoms with Gasteiger partial charge in [0.05, 0.1) is 0 Å². The molecule has 1 aliphatic carbocycles. The van der Waals surface area contributed by atoms with Gasteiger partial charge in [-0.25, -0.2) is 0 Å². The van der Waals surface area contributed by atoms with E-state index in [2.05, 4.69) is 9.88 Å². The summed E-state index contributed by atoms with van der Waals surface area (Å²) in [6, 6.07) is 8.62. The third-order valence-corrected chi connectivity index (χ3v) is 4.81. The van der Waals surface area contributed by atoms with Crippen LogP contribution in [0.5, 0.6) is 0 Å². The van der Waals surface area contributed by atoms with Gasteiger partial charge in [0.2, 0.25) is 5.78 Å². The smallest absolute Gasteiger partial charge is 0.325 e. The maximum atomic E-state index is 12.4. The minimum Gasteiger partial charge on any atom is -0.456 e. The fraction of sp³-hybridized carbons (Fsp3) is 0.350. The van der Waals surface area contributed by atoms with Crippen molar-refractivity contribution < 1.29 is 19.1 Å². The van der Waals surface area contributed by atoms with Gasteiger partial charge in [0.25, 0.3) is 5.91 Å². The molecule has 1 aromatic heterocycles. The summed E-state index contributed by atoms with van der Waals surface area (Å²) in [4.78, 5) is 36.2. The molecule has 1 heterocycles. The molecule has 1 N–H and O–H groups in total. The van der Waals surface area contributed by atoms with Crippen LogP contribution in [0, 0.1) is 13.8 Å². The molecule has 1 fully saturated rings. The maximum absolute atomic E-state index is 12.4. The third-order valence-electron chi connectivity index (χ3n) is 4.56. The number of nitrogens with one attached hydrogen (secondary N) is 1. The minimum atomic E-state index is -0.665. The van der Waals surface area contributed by atoms with E-state index in [0.717, 1.165) is 24.2 Å². The van der Waals surface area contributed by atoms with Crippen LogP contribution in [0.1, 0.15) is 51.0 Å². The molecule has 6 nitrogen and oxygen atoms in total. The molecule has 0 aliphatic heterocycles. The monoisotopic (exact) mass is 388 g/mol. The lowest BCUT2D eigenvalue weighted by Crippen LogP contribution is -2.31. The molecule has 7 heteroatoms. The Hall–Kier alpha value is -2.60. The van der Waals surface area contributed by atoms with Crippen molar-refractivity contribution >= 4 is 29.3 Å². The van der Waals surface area contributed by atoms with Crippen LogP contribution in [0.4, 0.5) is 0 Å². The highest BCUT2D eigenvalue weighted by molar-refractivity contribution is 6.30. The molecule has 142 valence electrons. The number of Topliss-reactive ketones (excluding diaryl/α,β-unsaturated/α-hetero) is 1. The summed E-state index contributed by atoms with van der Waals surface area (Å²) >= 11 is 5.77. The predicted octanol–water partition coefficient (Wildman–Crippen LogP) is 3.25. The Morgan fingerprint density at radius 1 is 1.19 bits per heavy atom. The van der Waals surface area contributed by atoms with Gasteiger partial charge in [-0.2, -0.15) is 0 Å². The third kappa shape index (κ3) is 4.57. The molecule has 0 radical (unpaired) electrons. The lowest BCUT2D eigenvalue weighted by atomic mass is 10.1. The molecular weight excluding hydrogens is 368 g/mol. The molecule has 1 amide bonds. The van der Waals surface area contributed by atoms with Gasteiger partial charge in [-0.3, -0.25) is 14.4 Å². The van der Waals surface area contributed by atoms with Gasteiger partial charge in [-0.05, 0) is 57.0 Å². The summed E-state index contributed by atoms with van der Waals surface area (Å²) in [5, 5.41) is 2.98. The van der Waals surface area contributed by atoms with E-state index < -0.39 is 11.9 Å². The van der Waals surface area contributed by atoms with Gasteiger partial charge in [-0.15, -0.1) is 0 Å². The van der Waals surface area contributed by atoms with Crippen molar-refractivity contribution in [3.05, 3.63) is 57.9 Å². The number of nitrogens with zero attached hydrogens (tertiary/aromatic N) is 1. The number of carbonyl (C=O) groups excluding carboxylic acids is 3. The Kier molecular flexibility index (Phi) is 5.65. The standard InChI is InChI=1S/C20H21ClN2O4/c1-12-9-17(13(2)23(12)16-7-8-16)18(24)11-27-19(25)10-22-20(26)14-3-5-15(21)6-4-14/h3-6,9,16H,7-8,10-11H2,1-2H3,(H,22,26). The average molecular weight is 389 g/mol. The minimum absolute atomic E-state index is 0.243. The number of aryl methyl sites for hydroxylation is 1. The summed E-state index contributed by atoms with van der Waals surface area (Å²) in [6.07, 6.45) is 2.26. The number of ketones is 1. The van der Waals surface area contributed by atoms with Gasteiger partial charge in [0.15, 0.2) is 6.61 Å². The number of hydrogen-bond donors (Lipinski definition) is 1. The van der Waals surface area contributed by atoms with Crippen LogP contribution in [0.15, 0.2) is 30.3 Å². The molecule has 0 atom stereocenters. The summed E-state index contributed by atoms with van der Waals surface area (Å²) in [5.74, 6) is -1.32. The zero-order valence-electron chi connectivity index (χ0n) is 15.3. The molecule has 1 aliphatic rings. The van der Waals surface area contributed by atoms with E-state index in [0.29, 0.717) is 22.2 Å². The zero-order valence-corrected chi connectivity index (χ0v) is 16.0. The van der Waals surface area contributed by atoms with Crippen LogP contribution in [0.2, 0.25) is 5.02 Å².